The third-order valence-electron chi connectivity index (χ3n) is 8.60. The molecule has 0 aliphatic rings. The molecule has 0 bridgehead atoms. The lowest BCUT2D eigenvalue weighted by molar-refractivity contribution is 0.415. The van der Waals surface area contributed by atoms with Crippen LogP contribution in [0.3, 0.4) is 0 Å². The minimum atomic E-state index is 0.875. The zero-order valence-corrected chi connectivity index (χ0v) is 23.5. The Morgan fingerprint density at radius 1 is 0.333 bits per heavy atom. The van der Waals surface area contributed by atoms with Gasteiger partial charge in [0.15, 0.2) is 0 Å². The molecule has 8 rings (SSSR count). The zero-order valence-electron chi connectivity index (χ0n) is 23.5. The van der Waals surface area contributed by atoms with Gasteiger partial charge < -0.3 is 9.47 Å². The highest BCUT2D eigenvalue weighted by Gasteiger charge is 2.15. The van der Waals surface area contributed by atoms with Crippen LogP contribution >= 0.6 is 0 Å². The highest BCUT2D eigenvalue weighted by molar-refractivity contribution is 6.24. The van der Waals surface area contributed by atoms with Gasteiger partial charge in [-0.3, -0.25) is 0 Å². The van der Waals surface area contributed by atoms with Crippen molar-refractivity contribution in [3.63, 3.8) is 0 Å². The molecule has 8 aromatic rings. The summed E-state index contributed by atoms with van der Waals surface area (Å²) >= 11 is 0. The van der Waals surface area contributed by atoms with Crippen LogP contribution in [-0.4, -0.2) is 14.2 Å². The van der Waals surface area contributed by atoms with Gasteiger partial charge >= 0.3 is 0 Å². The average Bonchev–Trinajstić information content (AvgIpc) is 3.06. The van der Waals surface area contributed by atoms with E-state index in [1.165, 1.54) is 76.1 Å². The van der Waals surface area contributed by atoms with Gasteiger partial charge in [-0.15, -0.1) is 0 Å². The van der Waals surface area contributed by atoms with Crippen molar-refractivity contribution in [3.8, 4) is 33.8 Å². The van der Waals surface area contributed by atoms with Crippen molar-refractivity contribution >= 4 is 53.9 Å². The molecule has 42 heavy (non-hydrogen) atoms. The zero-order chi connectivity index (χ0) is 28.2. The molecule has 0 spiro atoms. The van der Waals surface area contributed by atoms with Crippen LogP contribution in [0, 0.1) is 0 Å². The topological polar surface area (TPSA) is 18.5 Å². The first kappa shape index (κ1) is 24.5. The van der Waals surface area contributed by atoms with E-state index < -0.39 is 0 Å². The van der Waals surface area contributed by atoms with Gasteiger partial charge in [0, 0.05) is 0 Å². The second kappa shape index (κ2) is 9.64. The third-order valence-corrected chi connectivity index (χ3v) is 8.60. The molecular formula is C40H28O2. The number of ether oxygens (including phenoxy) is 2. The maximum absolute atomic E-state index is 5.45. The summed E-state index contributed by atoms with van der Waals surface area (Å²) in [5.41, 5.74) is 4.91. The predicted molar refractivity (Wildman–Crippen MR) is 178 cm³/mol. The summed E-state index contributed by atoms with van der Waals surface area (Å²) in [7, 11) is 3.42. The first-order chi connectivity index (χ1) is 20.7. The quantitative estimate of drug-likeness (QED) is 0.207. The van der Waals surface area contributed by atoms with E-state index in [4.69, 9.17) is 9.47 Å². The molecule has 2 heteroatoms. The van der Waals surface area contributed by atoms with Crippen LogP contribution in [0.25, 0.3) is 76.1 Å². The fourth-order valence-corrected chi connectivity index (χ4v) is 6.47. The van der Waals surface area contributed by atoms with Crippen LogP contribution in [0.1, 0.15) is 0 Å². The van der Waals surface area contributed by atoms with Gasteiger partial charge in [-0.05, 0) is 125 Å². The van der Waals surface area contributed by atoms with Gasteiger partial charge in [0.25, 0.3) is 0 Å². The van der Waals surface area contributed by atoms with E-state index >= 15 is 0 Å². The minimum absolute atomic E-state index is 0.875. The Hall–Kier alpha value is -5.34. The Balaban J connectivity index is 1.40. The summed E-state index contributed by atoms with van der Waals surface area (Å²) in [6.45, 7) is 0. The number of hydrogen-bond donors (Lipinski definition) is 0. The molecule has 0 saturated carbocycles. The summed E-state index contributed by atoms with van der Waals surface area (Å²) in [4.78, 5) is 0. The maximum Gasteiger partial charge on any atom is 0.119 e. The summed E-state index contributed by atoms with van der Waals surface area (Å²) in [6, 6.07) is 48.4. The standard InChI is InChI=1S/C40H28O2/c1-41-31-17-15-25-19-29(13-11-27(25)21-31)37-23-39-36-10-6-4-8-34(36)38(24-40(39)35-9-5-3-7-33(35)37)30-14-12-28-22-32(42-2)18-16-26(28)20-30/h3-24H,1-2H3. The molecule has 200 valence electrons. The molecule has 0 N–H and O–H groups in total. The highest BCUT2D eigenvalue weighted by atomic mass is 16.5. The van der Waals surface area contributed by atoms with Gasteiger partial charge in [0.1, 0.15) is 11.5 Å². The van der Waals surface area contributed by atoms with Crippen LogP contribution in [-0.2, 0) is 0 Å². The first-order valence-electron chi connectivity index (χ1n) is 14.2. The van der Waals surface area contributed by atoms with Gasteiger partial charge in [-0.2, -0.15) is 0 Å². The van der Waals surface area contributed by atoms with Crippen molar-refractivity contribution in [3.05, 3.63) is 133 Å². The van der Waals surface area contributed by atoms with E-state index in [9.17, 15) is 0 Å². The number of hydrogen-bond acceptors (Lipinski definition) is 2. The van der Waals surface area contributed by atoms with Crippen molar-refractivity contribution in [2.75, 3.05) is 14.2 Å². The van der Waals surface area contributed by atoms with E-state index in [2.05, 4.69) is 121 Å². The Bertz CT molecular complexity index is 2160. The number of fused-ring (bicyclic) bond motifs is 7. The third kappa shape index (κ3) is 3.88. The second-order valence-electron chi connectivity index (χ2n) is 10.9. The fraction of sp³-hybridized carbons (Fsp3) is 0.0500. The number of benzene rings is 8. The molecular weight excluding hydrogens is 512 g/mol. The summed E-state index contributed by atoms with van der Waals surface area (Å²) in [5.74, 6) is 1.75. The summed E-state index contributed by atoms with van der Waals surface area (Å²) in [6.07, 6.45) is 0. The van der Waals surface area contributed by atoms with Gasteiger partial charge in [-0.1, -0.05) is 84.9 Å². The Kier molecular flexibility index (Phi) is 5.61. The predicted octanol–water partition coefficient (Wildman–Crippen LogP) is 10.8. The van der Waals surface area contributed by atoms with Crippen LogP contribution in [0.2, 0.25) is 0 Å². The molecule has 0 aliphatic heterocycles. The number of rotatable bonds is 4. The first-order valence-corrected chi connectivity index (χ1v) is 14.2. The Morgan fingerprint density at radius 2 is 0.714 bits per heavy atom. The molecule has 0 unspecified atom stereocenters. The minimum Gasteiger partial charge on any atom is -0.497 e. The smallest absolute Gasteiger partial charge is 0.119 e. The van der Waals surface area contributed by atoms with Crippen LogP contribution in [0.4, 0.5) is 0 Å². The van der Waals surface area contributed by atoms with Gasteiger partial charge in [0.05, 0.1) is 14.2 Å². The second-order valence-corrected chi connectivity index (χ2v) is 10.9. The van der Waals surface area contributed by atoms with Crippen molar-refractivity contribution < 1.29 is 9.47 Å². The lowest BCUT2D eigenvalue weighted by Crippen LogP contribution is -1.90. The summed E-state index contributed by atoms with van der Waals surface area (Å²) in [5, 5.41) is 12.3. The van der Waals surface area contributed by atoms with E-state index in [0.717, 1.165) is 11.5 Å². The average molecular weight is 541 g/mol. The Morgan fingerprint density at radius 3 is 1.14 bits per heavy atom. The molecule has 0 aromatic heterocycles. The lowest BCUT2D eigenvalue weighted by atomic mass is 9.87. The van der Waals surface area contributed by atoms with E-state index in [1.807, 2.05) is 12.1 Å². The van der Waals surface area contributed by atoms with E-state index in [0.29, 0.717) is 0 Å². The fourth-order valence-electron chi connectivity index (χ4n) is 6.47. The lowest BCUT2D eigenvalue weighted by Gasteiger charge is -2.16. The number of methoxy groups -OCH3 is 2. The van der Waals surface area contributed by atoms with Crippen LogP contribution < -0.4 is 9.47 Å². The van der Waals surface area contributed by atoms with E-state index in [1.54, 1.807) is 14.2 Å². The van der Waals surface area contributed by atoms with Crippen LogP contribution in [0.5, 0.6) is 11.5 Å². The Labute approximate surface area is 244 Å². The molecule has 0 atom stereocenters. The normalized spacial score (nSPS) is 11.6. The summed E-state index contributed by atoms with van der Waals surface area (Å²) < 4.78 is 10.9. The van der Waals surface area contributed by atoms with Crippen LogP contribution in [0.15, 0.2) is 133 Å². The molecule has 2 nitrogen and oxygen atoms in total. The molecule has 0 amide bonds. The molecule has 8 aromatic carbocycles. The molecule has 0 radical (unpaired) electrons. The van der Waals surface area contributed by atoms with Crippen molar-refractivity contribution in [2.45, 2.75) is 0 Å². The van der Waals surface area contributed by atoms with Crippen molar-refractivity contribution in [2.24, 2.45) is 0 Å². The van der Waals surface area contributed by atoms with Gasteiger partial charge in [0.2, 0.25) is 0 Å². The SMILES string of the molecule is COc1ccc2cc(-c3cc4c5ccccc5c(-c5ccc6cc(OC)ccc6c5)cc4c4ccccc34)ccc2c1. The van der Waals surface area contributed by atoms with Crippen molar-refractivity contribution in [1.82, 2.24) is 0 Å². The van der Waals surface area contributed by atoms with E-state index in [-0.39, 0.29) is 0 Å². The molecule has 0 fully saturated rings. The molecule has 0 aliphatic carbocycles. The van der Waals surface area contributed by atoms with Crippen molar-refractivity contribution in [1.29, 1.82) is 0 Å². The molecule has 0 saturated heterocycles. The van der Waals surface area contributed by atoms with Gasteiger partial charge in [-0.25, -0.2) is 0 Å². The maximum atomic E-state index is 5.45. The monoisotopic (exact) mass is 540 g/mol. The highest BCUT2D eigenvalue weighted by Crippen LogP contribution is 2.42. The molecule has 0 heterocycles. The largest absolute Gasteiger partial charge is 0.497 e.